The molecule has 10 heteroatoms. The van der Waals surface area contributed by atoms with Crippen LogP contribution in [0.2, 0.25) is 0 Å². The minimum absolute atomic E-state index is 0. The second kappa shape index (κ2) is 12.6. The predicted octanol–water partition coefficient (Wildman–Crippen LogP) is 6.50. The van der Waals surface area contributed by atoms with Gasteiger partial charge in [-0.15, -0.1) is 12.4 Å². The molecule has 0 fully saturated rings. The molecule has 7 rings (SSSR count). The summed E-state index contributed by atoms with van der Waals surface area (Å²) in [4.78, 5) is 18.7. The molecule has 0 radical (unpaired) electrons. The molecule has 2 N–H and O–H groups in total. The van der Waals surface area contributed by atoms with Crippen molar-refractivity contribution in [3.63, 3.8) is 0 Å². The van der Waals surface area contributed by atoms with Gasteiger partial charge in [0.1, 0.15) is 11.5 Å². The average molecular weight is 659 g/mol. The van der Waals surface area contributed by atoms with Gasteiger partial charge in [0.15, 0.2) is 28.8 Å². The van der Waals surface area contributed by atoms with E-state index >= 15 is 0 Å². The quantitative estimate of drug-likeness (QED) is 0.255. The summed E-state index contributed by atoms with van der Waals surface area (Å²) < 4.78 is 23.9. The molecule has 0 unspecified atom stereocenters. The highest BCUT2D eigenvalue weighted by Crippen LogP contribution is 2.51. The highest BCUT2D eigenvalue weighted by molar-refractivity contribution is 6.02. The van der Waals surface area contributed by atoms with Crippen molar-refractivity contribution in [3.05, 3.63) is 88.0 Å². The van der Waals surface area contributed by atoms with Gasteiger partial charge in [-0.05, 0) is 104 Å². The van der Waals surface area contributed by atoms with Crippen molar-refractivity contribution in [3.8, 4) is 51.4 Å². The Morgan fingerprint density at radius 2 is 1.49 bits per heavy atom. The van der Waals surface area contributed by atoms with Gasteiger partial charge in [-0.25, -0.2) is 0 Å². The Morgan fingerprint density at radius 1 is 0.787 bits per heavy atom. The monoisotopic (exact) mass is 658 g/mol. The topological polar surface area (TPSA) is 101 Å². The van der Waals surface area contributed by atoms with Crippen LogP contribution in [0.1, 0.15) is 50.3 Å². The van der Waals surface area contributed by atoms with E-state index in [1.807, 2.05) is 48.3 Å². The number of phenols is 2. The number of carbonyl (C=O) groups is 1. The van der Waals surface area contributed by atoms with Gasteiger partial charge in [-0.2, -0.15) is 0 Å². The molecule has 0 aliphatic carbocycles. The molecule has 3 heterocycles. The van der Waals surface area contributed by atoms with Crippen LogP contribution in [0.4, 0.5) is 0 Å². The third-order valence-electron chi connectivity index (χ3n) is 9.78. The number of rotatable bonds is 3. The van der Waals surface area contributed by atoms with Gasteiger partial charge in [-0.3, -0.25) is 14.6 Å². The summed E-state index contributed by atoms with van der Waals surface area (Å²) in [6.45, 7) is 1.47. The predicted molar refractivity (Wildman–Crippen MR) is 181 cm³/mol. The van der Waals surface area contributed by atoms with Gasteiger partial charge in [0.2, 0.25) is 5.75 Å². The minimum Gasteiger partial charge on any atom is -0.507 e. The maximum Gasteiger partial charge on any atom is 0.201 e. The number of halogens is 1. The number of Topliss-reactive ketones (excluding diaryl/α,β-unsaturated/α-hetero) is 1. The minimum atomic E-state index is -0.609. The van der Waals surface area contributed by atoms with Crippen LogP contribution in [-0.2, 0) is 19.3 Å². The summed E-state index contributed by atoms with van der Waals surface area (Å²) in [5, 5.41) is 22.7. The normalized spacial score (nSPS) is 18.8. The van der Waals surface area contributed by atoms with Crippen LogP contribution in [0, 0.1) is 0 Å². The molecule has 9 nitrogen and oxygen atoms in total. The first-order valence-electron chi connectivity index (χ1n) is 15.5. The number of aromatic hydroxyl groups is 2. The van der Waals surface area contributed by atoms with E-state index in [4.69, 9.17) is 18.9 Å². The van der Waals surface area contributed by atoms with Crippen molar-refractivity contribution in [2.75, 3.05) is 48.5 Å². The fourth-order valence-electron chi connectivity index (χ4n) is 7.27. The zero-order valence-electron chi connectivity index (χ0n) is 27.1. The van der Waals surface area contributed by atoms with Crippen LogP contribution in [0.15, 0.2) is 54.6 Å². The van der Waals surface area contributed by atoms with E-state index in [9.17, 15) is 15.0 Å². The van der Waals surface area contributed by atoms with Crippen LogP contribution in [0.3, 0.4) is 0 Å². The number of likely N-dealkylation sites (N-methyl/N-ethyl adjacent to an activating group) is 2. The van der Waals surface area contributed by atoms with Crippen LogP contribution in [0.5, 0.6) is 40.2 Å². The lowest BCUT2D eigenvalue weighted by Crippen LogP contribution is -2.37. The lowest BCUT2D eigenvalue weighted by molar-refractivity contribution is 0.0838. The first-order chi connectivity index (χ1) is 22.2. The third kappa shape index (κ3) is 5.42. The number of ketones is 1. The first-order valence-corrected chi connectivity index (χ1v) is 15.5. The van der Waals surface area contributed by atoms with E-state index in [0.717, 1.165) is 47.2 Å². The summed E-state index contributed by atoms with van der Waals surface area (Å²) in [7, 11) is 8.73. The van der Waals surface area contributed by atoms with Crippen LogP contribution < -0.4 is 18.9 Å². The van der Waals surface area contributed by atoms with Gasteiger partial charge in [-0.1, -0.05) is 6.07 Å². The molecule has 4 aromatic carbocycles. The average Bonchev–Trinajstić information content (AvgIpc) is 3.06. The molecule has 0 amide bonds. The smallest absolute Gasteiger partial charge is 0.201 e. The molecule has 47 heavy (non-hydrogen) atoms. The largest absolute Gasteiger partial charge is 0.507 e. The SMILES string of the molecule is COc1cc2c3cc1Oc1c(O)c(OC)cc4c1[C@H](Cc1ccc(OC)c(c1)-c1cc(ccc1O)C(=O)[C@H]3N(C)CC2)N(C)CC4.Cl. The Kier molecular flexibility index (Phi) is 8.74. The van der Waals surface area contributed by atoms with Crippen molar-refractivity contribution in [2.45, 2.75) is 31.3 Å². The lowest BCUT2D eigenvalue weighted by Gasteiger charge is -2.37. The number of carbonyl (C=O) groups excluding carboxylic acids is 1. The van der Waals surface area contributed by atoms with E-state index in [-0.39, 0.29) is 35.7 Å². The summed E-state index contributed by atoms with van der Waals surface area (Å²) in [6.07, 6.45) is 2.05. The van der Waals surface area contributed by atoms with Crippen molar-refractivity contribution < 1.29 is 34.0 Å². The number of methoxy groups -OCH3 is 3. The summed E-state index contributed by atoms with van der Waals surface area (Å²) in [5.41, 5.74) is 6.36. The molecule has 246 valence electrons. The molecule has 0 aromatic heterocycles. The summed E-state index contributed by atoms with van der Waals surface area (Å²) >= 11 is 0. The number of hydrogen-bond acceptors (Lipinski definition) is 9. The molecule has 3 aliphatic heterocycles. The van der Waals surface area contributed by atoms with Gasteiger partial charge in [0, 0.05) is 41.4 Å². The number of benzene rings is 4. The van der Waals surface area contributed by atoms with Crippen LogP contribution in [0.25, 0.3) is 11.1 Å². The van der Waals surface area contributed by atoms with Crippen molar-refractivity contribution in [1.82, 2.24) is 9.80 Å². The van der Waals surface area contributed by atoms with E-state index in [1.54, 1.807) is 32.4 Å². The Labute approximate surface area is 280 Å². The molecule has 0 saturated heterocycles. The second-order valence-electron chi connectivity index (χ2n) is 12.3. The second-order valence-corrected chi connectivity index (χ2v) is 12.3. The van der Waals surface area contributed by atoms with Gasteiger partial charge in [0.05, 0.1) is 27.4 Å². The Morgan fingerprint density at radius 3 is 2.23 bits per heavy atom. The lowest BCUT2D eigenvalue weighted by atomic mass is 9.85. The van der Waals surface area contributed by atoms with Gasteiger partial charge < -0.3 is 29.2 Å². The zero-order valence-corrected chi connectivity index (χ0v) is 27.9. The van der Waals surface area contributed by atoms with Crippen LogP contribution in [-0.4, -0.2) is 74.3 Å². The number of fused-ring (bicyclic) bond motifs is 6. The number of nitrogens with zero attached hydrogens (tertiary/aromatic N) is 2. The van der Waals surface area contributed by atoms with E-state index in [1.165, 1.54) is 7.11 Å². The number of phenolic OH excluding ortho intramolecular Hbond substituents is 2. The van der Waals surface area contributed by atoms with E-state index in [2.05, 4.69) is 11.9 Å². The molecule has 6 bridgehead atoms. The van der Waals surface area contributed by atoms with Crippen molar-refractivity contribution in [1.29, 1.82) is 0 Å². The van der Waals surface area contributed by atoms with Crippen molar-refractivity contribution in [2.24, 2.45) is 0 Å². The van der Waals surface area contributed by atoms with E-state index < -0.39 is 6.04 Å². The highest BCUT2D eigenvalue weighted by atomic mass is 35.5. The third-order valence-corrected chi connectivity index (χ3v) is 9.78. The number of hydrogen-bond donors (Lipinski definition) is 2. The van der Waals surface area contributed by atoms with Gasteiger partial charge >= 0.3 is 0 Å². The highest BCUT2D eigenvalue weighted by Gasteiger charge is 2.36. The molecule has 4 aromatic rings. The van der Waals surface area contributed by atoms with Crippen LogP contribution >= 0.6 is 12.4 Å². The Balaban J connectivity index is 0.00000386. The summed E-state index contributed by atoms with van der Waals surface area (Å²) in [6, 6.07) is 15.9. The molecular formula is C37H39ClN2O7. The first kappa shape index (κ1) is 32.5. The Hall–Kier alpha value is -4.44. The van der Waals surface area contributed by atoms with E-state index in [0.29, 0.717) is 58.4 Å². The zero-order chi connectivity index (χ0) is 32.3. The molecular weight excluding hydrogens is 620 g/mol. The van der Waals surface area contributed by atoms with Gasteiger partial charge in [0.25, 0.3) is 0 Å². The maximum atomic E-state index is 14.4. The molecule has 0 saturated carbocycles. The molecule has 3 aliphatic rings. The Bertz CT molecular complexity index is 1880. The fraction of sp³-hybridized carbons (Fsp3) is 0.324. The van der Waals surface area contributed by atoms with Crippen molar-refractivity contribution >= 4 is 18.2 Å². The number of ether oxygens (including phenoxy) is 4. The maximum absolute atomic E-state index is 14.4. The fourth-order valence-corrected chi connectivity index (χ4v) is 7.27. The molecule has 0 spiro atoms. The summed E-state index contributed by atoms with van der Waals surface area (Å²) in [5.74, 6) is 2.00. The molecule has 2 atom stereocenters. The standard InChI is InChI=1S/C37H38N2O7.ClH/c1-38-12-11-22-18-32(45-5)36(42)37-33(22)27(38)15-20-6-9-29(43-3)26(14-20)25-16-23(7-8-28(25)40)35(41)34-24-19-31(46-37)30(44-4)17-21(24)10-13-39(34)2;/h6-9,14,16-19,27,34,40,42H,10-13,15H2,1-5H3;1H/t27-,34-;/m0./s1.